The summed E-state index contributed by atoms with van der Waals surface area (Å²) in [5.74, 6) is -0.805. The second kappa shape index (κ2) is 13.5. The molecule has 0 atom stereocenters. The molecule has 6 nitrogen and oxygen atoms in total. The lowest BCUT2D eigenvalue weighted by Gasteiger charge is -2.11. The molecule has 0 spiro atoms. The first kappa shape index (κ1) is 21.6. The largest absolute Gasteiger partial charge is 0.461 e. The van der Waals surface area contributed by atoms with Gasteiger partial charge in [0.05, 0.1) is 12.8 Å². The van der Waals surface area contributed by atoms with E-state index in [2.05, 4.69) is 10.6 Å². The number of benzene rings is 2. The predicted octanol–water partition coefficient (Wildman–Crippen LogP) is 2.43. The van der Waals surface area contributed by atoms with E-state index >= 15 is 0 Å². The molecular weight excluding hydrogens is 356 g/mol. The summed E-state index contributed by atoms with van der Waals surface area (Å²) >= 11 is 0. The normalized spacial score (nSPS) is 13.0. The van der Waals surface area contributed by atoms with Gasteiger partial charge in [-0.3, -0.25) is 9.59 Å². The third-order valence-electron chi connectivity index (χ3n) is 3.98. The summed E-state index contributed by atoms with van der Waals surface area (Å²) < 4.78 is 10.2. The molecule has 1 heterocycles. The lowest BCUT2D eigenvalue weighted by molar-refractivity contribution is -0.151. The van der Waals surface area contributed by atoms with Crippen molar-refractivity contribution in [1.29, 1.82) is 0 Å². The van der Waals surface area contributed by atoms with Gasteiger partial charge in [0.15, 0.2) is 0 Å². The maximum absolute atomic E-state index is 11.6. The van der Waals surface area contributed by atoms with Crippen LogP contribution in [0.4, 0.5) is 0 Å². The highest BCUT2D eigenvalue weighted by atomic mass is 16.5. The number of ether oxygens (including phenoxy) is 2. The topological polar surface area (TPSA) is 76.7 Å². The van der Waals surface area contributed by atoms with Crippen LogP contribution < -0.4 is 10.6 Å². The van der Waals surface area contributed by atoms with Crippen LogP contribution in [0.3, 0.4) is 0 Å². The van der Waals surface area contributed by atoms with Gasteiger partial charge < -0.3 is 20.1 Å². The molecule has 6 heteroatoms. The Hall–Kier alpha value is -2.70. The number of esters is 2. The average molecular weight is 384 g/mol. The van der Waals surface area contributed by atoms with E-state index in [9.17, 15) is 9.59 Å². The van der Waals surface area contributed by atoms with Crippen molar-refractivity contribution >= 4 is 11.9 Å². The van der Waals surface area contributed by atoms with Gasteiger partial charge >= 0.3 is 11.9 Å². The van der Waals surface area contributed by atoms with E-state index in [-0.39, 0.29) is 26.1 Å². The van der Waals surface area contributed by atoms with E-state index in [4.69, 9.17) is 9.47 Å². The van der Waals surface area contributed by atoms with Gasteiger partial charge in [0.25, 0.3) is 0 Å². The van der Waals surface area contributed by atoms with Crippen LogP contribution in [0.5, 0.6) is 0 Å². The highest BCUT2D eigenvalue weighted by molar-refractivity contribution is 5.77. The quantitative estimate of drug-likeness (QED) is 0.714. The summed E-state index contributed by atoms with van der Waals surface area (Å²) in [7, 11) is 0. The number of carbonyl (C=O) groups is 2. The van der Waals surface area contributed by atoms with E-state index in [1.807, 2.05) is 60.7 Å². The first-order valence-electron chi connectivity index (χ1n) is 9.54. The number of hydrogen-bond acceptors (Lipinski definition) is 6. The first-order valence-corrected chi connectivity index (χ1v) is 9.54. The molecule has 2 aromatic carbocycles. The Balaban J connectivity index is 0.000000397. The van der Waals surface area contributed by atoms with Crippen LogP contribution in [0.15, 0.2) is 60.7 Å². The van der Waals surface area contributed by atoms with E-state index in [1.54, 1.807) is 0 Å². The van der Waals surface area contributed by atoms with Crippen LogP contribution in [0, 0.1) is 0 Å². The average Bonchev–Trinajstić information content (AvgIpc) is 2.78. The van der Waals surface area contributed by atoms with Crippen LogP contribution in [0.1, 0.15) is 24.0 Å². The second-order valence-corrected chi connectivity index (χ2v) is 6.29. The Morgan fingerprint density at radius 1 is 0.643 bits per heavy atom. The van der Waals surface area contributed by atoms with Crippen LogP contribution in [-0.2, 0) is 32.3 Å². The van der Waals surface area contributed by atoms with Crippen molar-refractivity contribution in [3.63, 3.8) is 0 Å². The van der Waals surface area contributed by atoms with Crippen molar-refractivity contribution in [3.05, 3.63) is 71.8 Å². The predicted molar refractivity (Wildman–Crippen MR) is 107 cm³/mol. The van der Waals surface area contributed by atoms with Gasteiger partial charge in [-0.05, 0) is 11.1 Å². The number of nitrogens with one attached hydrogen (secondary N) is 2. The third kappa shape index (κ3) is 9.85. The molecule has 0 aromatic heterocycles. The van der Waals surface area contributed by atoms with E-state index in [0.29, 0.717) is 0 Å². The fourth-order valence-electron chi connectivity index (χ4n) is 2.43. The lowest BCUT2D eigenvalue weighted by atomic mass is 10.2. The van der Waals surface area contributed by atoms with Gasteiger partial charge in [-0.15, -0.1) is 0 Å². The minimum absolute atomic E-state index is 0.0282. The highest BCUT2D eigenvalue weighted by Gasteiger charge is 2.09. The Morgan fingerprint density at radius 2 is 1.00 bits per heavy atom. The molecule has 150 valence electrons. The standard InChI is InChI=1S/C18H18O4.C4H10N2/c19-17(21-13-15-7-3-1-4-8-15)11-12-18(20)22-14-16-9-5-2-6-10-16;1-2-6-4-3-5-1/h1-10H,11-14H2;5-6H,1-4H2. The summed E-state index contributed by atoms with van der Waals surface area (Å²) in [4.78, 5) is 23.1. The van der Waals surface area contributed by atoms with Crippen molar-refractivity contribution in [2.24, 2.45) is 0 Å². The van der Waals surface area contributed by atoms with E-state index in [0.717, 1.165) is 37.3 Å². The van der Waals surface area contributed by atoms with E-state index < -0.39 is 11.9 Å². The Morgan fingerprint density at radius 3 is 1.32 bits per heavy atom. The lowest BCUT2D eigenvalue weighted by Crippen LogP contribution is -2.39. The molecular formula is C22H28N2O4. The minimum atomic E-state index is -0.402. The molecule has 0 radical (unpaired) electrons. The van der Waals surface area contributed by atoms with Gasteiger partial charge in [0, 0.05) is 26.2 Å². The van der Waals surface area contributed by atoms with Crippen LogP contribution in [-0.4, -0.2) is 38.1 Å². The molecule has 0 amide bonds. The zero-order valence-corrected chi connectivity index (χ0v) is 16.1. The Bertz CT molecular complexity index is 621. The summed E-state index contributed by atoms with van der Waals surface area (Å²) in [5, 5.41) is 6.44. The molecule has 28 heavy (non-hydrogen) atoms. The Kier molecular flexibility index (Phi) is 10.4. The van der Waals surface area contributed by atoms with Crippen molar-refractivity contribution in [1.82, 2.24) is 10.6 Å². The van der Waals surface area contributed by atoms with Crippen LogP contribution >= 0.6 is 0 Å². The van der Waals surface area contributed by atoms with Crippen LogP contribution in [0.2, 0.25) is 0 Å². The van der Waals surface area contributed by atoms with Gasteiger partial charge in [-0.2, -0.15) is 0 Å². The molecule has 0 aliphatic carbocycles. The molecule has 0 bridgehead atoms. The number of piperazine rings is 1. The maximum Gasteiger partial charge on any atom is 0.306 e. The molecule has 3 rings (SSSR count). The van der Waals surface area contributed by atoms with Crippen LogP contribution in [0.25, 0.3) is 0 Å². The zero-order chi connectivity index (χ0) is 19.9. The SMILES string of the molecule is C1CNCCN1.O=C(CCC(=O)OCc1ccccc1)OCc1ccccc1. The molecule has 0 unspecified atom stereocenters. The fourth-order valence-corrected chi connectivity index (χ4v) is 2.43. The summed E-state index contributed by atoms with van der Waals surface area (Å²) in [6.45, 7) is 5.00. The summed E-state index contributed by atoms with van der Waals surface area (Å²) in [6.07, 6.45) is 0.0565. The second-order valence-electron chi connectivity index (χ2n) is 6.29. The minimum Gasteiger partial charge on any atom is -0.461 e. The van der Waals surface area contributed by atoms with Gasteiger partial charge in [0.2, 0.25) is 0 Å². The summed E-state index contributed by atoms with van der Waals surface area (Å²) in [5.41, 5.74) is 1.84. The zero-order valence-electron chi connectivity index (χ0n) is 16.1. The van der Waals surface area contributed by atoms with Gasteiger partial charge in [-0.25, -0.2) is 0 Å². The van der Waals surface area contributed by atoms with Crippen molar-refractivity contribution in [2.45, 2.75) is 26.1 Å². The van der Waals surface area contributed by atoms with Crippen molar-refractivity contribution < 1.29 is 19.1 Å². The number of carbonyl (C=O) groups excluding carboxylic acids is 2. The number of hydrogen-bond donors (Lipinski definition) is 2. The monoisotopic (exact) mass is 384 g/mol. The molecule has 1 aliphatic heterocycles. The molecule has 2 aromatic rings. The molecule has 0 saturated carbocycles. The molecule has 1 aliphatic rings. The highest BCUT2D eigenvalue weighted by Crippen LogP contribution is 2.05. The summed E-state index contributed by atoms with van der Waals surface area (Å²) in [6, 6.07) is 18.8. The first-order chi connectivity index (χ1) is 13.7. The van der Waals surface area contributed by atoms with Crippen molar-refractivity contribution in [2.75, 3.05) is 26.2 Å². The fraction of sp³-hybridized carbons (Fsp3) is 0.364. The van der Waals surface area contributed by atoms with Gasteiger partial charge in [0.1, 0.15) is 13.2 Å². The smallest absolute Gasteiger partial charge is 0.306 e. The molecule has 1 saturated heterocycles. The van der Waals surface area contributed by atoms with Gasteiger partial charge in [-0.1, -0.05) is 60.7 Å². The third-order valence-corrected chi connectivity index (χ3v) is 3.98. The molecule has 2 N–H and O–H groups in total. The Labute approximate surface area is 166 Å². The van der Waals surface area contributed by atoms with Crippen molar-refractivity contribution in [3.8, 4) is 0 Å². The van der Waals surface area contributed by atoms with E-state index in [1.165, 1.54) is 0 Å². The molecule has 1 fully saturated rings. The maximum atomic E-state index is 11.6. The number of rotatable bonds is 7.